The summed E-state index contributed by atoms with van der Waals surface area (Å²) in [4.78, 5) is 27.8. The number of aromatic nitrogens is 1. The zero-order chi connectivity index (χ0) is 22.0. The van der Waals surface area contributed by atoms with E-state index in [1.54, 1.807) is 11.0 Å². The Morgan fingerprint density at radius 3 is 2.77 bits per heavy atom. The second-order valence-electron chi connectivity index (χ2n) is 7.50. The van der Waals surface area contributed by atoms with E-state index in [-0.39, 0.29) is 11.6 Å². The molecule has 0 aliphatic carbocycles. The van der Waals surface area contributed by atoms with Crippen LogP contribution in [0, 0.1) is 21.4 Å². The molecule has 1 aromatic heterocycles. The maximum atomic E-state index is 12.7. The fraction of sp³-hybridized carbons (Fsp3) is 0.273. The zero-order valence-corrected chi connectivity index (χ0v) is 16.7. The van der Waals surface area contributed by atoms with E-state index in [4.69, 9.17) is 10.5 Å². The molecule has 0 spiro atoms. The van der Waals surface area contributed by atoms with Gasteiger partial charge in [-0.25, -0.2) is 0 Å². The summed E-state index contributed by atoms with van der Waals surface area (Å²) in [6.45, 7) is 0.561. The first-order valence-corrected chi connectivity index (χ1v) is 9.94. The number of nitriles is 1. The summed E-state index contributed by atoms with van der Waals surface area (Å²) in [7, 11) is 0. The number of carbonyl (C=O) groups excluding carboxylic acids is 1. The number of aromatic amines is 1. The maximum Gasteiger partial charge on any atom is 0.269 e. The van der Waals surface area contributed by atoms with Gasteiger partial charge in [0, 0.05) is 35.8 Å². The normalized spacial score (nSPS) is 16.8. The van der Waals surface area contributed by atoms with Crippen LogP contribution in [0.1, 0.15) is 18.4 Å². The van der Waals surface area contributed by atoms with E-state index in [1.807, 2.05) is 18.3 Å². The number of hydrogen-bond donors (Lipinski definition) is 2. The van der Waals surface area contributed by atoms with Crippen molar-refractivity contribution in [2.75, 3.05) is 6.54 Å². The number of likely N-dealkylation sites (tertiary alicyclic amines) is 1. The van der Waals surface area contributed by atoms with Crippen molar-refractivity contribution in [3.8, 4) is 17.6 Å². The van der Waals surface area contributed by atoms with Crippen LogP contribution in [0.2, 0.25) is 0 Å². The Bertz CT molecular complexity index is 1160. The Hall–Kier alpha value is -3.90. The minimum absolute atomic E-state index is 0.00832. The maximum absolute atomic E-state index is 12.7. The molecule has 0 saturated carbocycles. The van der Waals surface area contributed by atoms with Gasteiger partial charge in [-0.05, 0) is 55.2 Å². The summed E-state index contributed by atoms with van der Waals surface area (Å²) in [5.41, 5.74) is 7.94. The number of H-pyrrole nitrogens is 1. The smallest absolute Gasteiger partial charge is 0.269 e. The molecule has 2 atom stereocenters. The van der Waals surface area contributed by atoms with Crippen LogP contribution in [0.5, 0.6) is 11.5 Å². The third-order valence-corrected chi connectivity index (χ3v) is 5.46. The summed E-state index contributed by atoms with van der Waals surface area (Å²) in [6, 6.07) is 12.4. The lowest BCUT2D eigenvalue weighted by molar-refractivity contribution is -0.384. The molecule has 2 heterocycles. The van der Waals surface area contributed by atoms with E-state index in [0.717, 1.165) is 22.9 Å². The van der Waals surface area contributed by atoms with Crippen molar-refractivity contribution in [2.24, 2.45) is 5.73 Å². The lowest BCUT2D eigenvalue weighted by Gasteiger charge is -2.23. The minimum atomic E-state index is -0.743. The van der Waals surface area contributed by atoms with Crippen molar-refractivity contribution in [3.63, 3.8) is 0 Å². The molecule has 0 bridgehead atoms. The van der Waals surface area contributed by atoms with Gasteiger partial charge in [0.25, 0.3) is 5.69 Å². The average molecular weight is 419 g/mol. The summed E-state index contributed by atoms with van der Waals surface area (Å²) in [5, 5.41) is 20.9. The van der Waals surface area contributed by atoms with Crippen LogP contribution in [0.4, 0.5) is 5.69 Å². The van der Waals surface area contributed by atoms with Crippen LogP contribution >= 0.6 is 0 Å². The van der Waals surface area contributed by atoms with Gasteiger partial charge in [0.15, 0.2) is 0 Å². The van der Waals surface area contributed by atoms with Crippen LogP contribution in [-0.4, -0.2) is 39.3 Å². The Kier molecular flexibility index (Phi) is 5.56. The monoisotopic (exact) mass is 419 g/mol. The molecule has 1 unspecified atom stereocenters. The molecule has 4 rings (SSSR count). The highest BCUT2D eigenvalue weighted by molar-refractivity contribution is 5.87. The number of nitrogens with one attached hydrogen (secondary N) is 1. The SMILES string of the molecule is N#C[C@@H]1CCCN1C(=O)C(N)Cc1c[nH]c2ccc(Oc3ccc([N+](=O)[O-])cc3)cc12. The highest BCUT2D eigenvalue weighted by Gasteiger charge is 2.31. The molecule has 1 amide bonds. The number of fused-ring (bicyclic) bond motifs is 1. The lowest BCUT2D eigenvalue weighted by atomic mass is 10.0. The Morgan fingerprint density at radius 2 is 2.06 bits per heavy atom. The number of nitrogens with two attached hydrogens (primary N) is 1. The third kappa shape index (κ3) is 4.20. The Balaban J connectivity index is 1.51. The van der Waals surface area contributed by atoms with Gasteiger partial charge in [-0.2, -0.15) is 5.26 Å². The number of hydrogen-bond acceptors (Lipinski definition) is 6. The minimum Gasteiger partial charge on any atom is -0.457 e. The molecular formula is C22H21N5O4. The van der Waals surface area contributed by atoms with Crippen LogP contribution in [0.3, 0.4) is 0 Å². The quantitative estimate of drug-likeness (QED) is 0.464. The van der Waals surface area contributed by atoms with E-state index < -0.39 is 17.0 Å². The van der Waals surface area contributed by atoms with Gasteiger partial charge in [-0.1, -0.05) is 0 Å². The van der Waals surface area contributed by atoms with Crippen LogP contribution in [0.15, 0.2) is 48.7 Å². The summed E-state index contributed by atoms with van der Waals surface area (Å²) in [6.07, 6.45) is 3.65. The number of ether oxygens (including phenoxy) is 1. The van der Waals surface area contributed by atoms with Gasteiger partial charge in [0.05, 0.1) is 17.0 Å². The van der Waals surface area contributed by atoms with Crippen LogP contribution in [0.25, 0.3) is 10.9 Å². The third-order valence-electron chi connectivity index (χ3n) is 5.46. The predicted molar refractivity (Wildman–Crippen MR) is 113 cm³/mol. The molecule has 31 heavy (non-hydrogen) atoms. The first-order valence-electron chi connectivity index (χ1n) is 9.94. The topological polar surface area (TPSA) is 138 Å². The number of amides is 1. The van der Waals surface area contributed by atoms with Crippen molar-refractivity contribution in [3.05, 3.63) is 64.3 Å². The van der Waals surface area contributed by atoms with Crippen molar-refractivity contribution in [2.45, 2.75) is 31.3 Å². The summed E-state index contributed by atoms with van der Waals surface area (Å²) in [5.74, 6) is 0.827. The fourth-order valence-electron chi connectivity index (χ4n) is 3.86. The van der Waals surface area contributed by atoms with Gasteiger partial charge >= 0.3 is 0 Å². The molecule has 1 saturated heterocycles. The van der Waals surface area contributed by atoms with E-state index >= 15 is 0 Å². The van der Waals surface area contributed by atoms with Crippen molar-refractivity contribution in [1.29, 1.82) is 5.26 Å². The molecule has 9 heteroatoms. The molecule has 2 aromatic carbocycles. The number of nitro groups is 1. The number of benzene rings is 2. The molecular weight excluding hydrogens is 398 g/mol. The number of nitro benzene ring substituents is 1. The number of non-ortho nitro benzene ring substituents is 1. The summed E-state index contributed by atoms with van der Waals surface area (Å²) >= 11 is 0. The molecule has 3 aromatic rings. The molecule has 1 aliphatic heterocycles. The van der Waals surface area contributed by atoms with Gasteiger partial charge in [-0.3, -0.25) is 14.9 Å². The van der Waals surface area contributed by atoms with E-state index in [9.17, 15) is 20.2 Å². The summed E-state index contributed by atoms with van der Waals surface area (Å²) < 4.78 is 5.83. The van der Waals surface area contributed by atoms with Crippen molar-refractivity contribution < 1.29 is 14.5 Å². The molecule has 1 aliphatic rings. The van der Waals surface area contributed by atoms with Crippen molar-refractivity contribution in [1.82, 2.24) is 9.88 Å². The van der Waals surface area contributed by atoms with Crippen LogP contribution < -0.4 is 10.5 Å². The molecule has 9 nitrogen and oxygen atoms in total. The van der Waals surface area contributed by atoms with Gasteiger partial charge in [-0.15, -0.1) is 0 Å². The standard InChI is InChI=1S/C22H21N5O4/c23-12-16-2-1-9-26(16)22(28)20(24)10-14-13-25-21-8-7-18(11-19(14)21)31-17-5-3-15(4-6-17)27(29)30/h3-8,11,13,16,20,25H,1-2,9-10,24H2/t16-,20?/m0/s1. The Morgan fingerprint density at radius 1 is 1.32 bits per heavy atom. The molecule has 3 N–H and O–H groups in total. The second kappa shape index (κ2) is 8.45. The fourth-order valence-corrected chi connectivity index (χ4v) is 3.86. The average Bonchev–Trinajstić information content (AvgIpc) is 3.40. The highest BCUT2D eigenvalue weighted by Crippen LogP contribution is 2.29. The van der Waals surface area contributed by atoms with Crippen molar-refractivity contribution >= 4 is 22.5 Å². The largest absolute Gasteiger partial charge is 0.457 e. The number of nitrogens with zero attached hydrogens (tertiary/aromatic N) is 3. The van der Waals surface area contributed by atoms with Crippen LogP contribution in [-0.2, 0) is 11.2 Å². The van der Waals surface area contributed by atoms with E-state index in [1.165, 1.54) is 24.3 Å². The predicted octanol–water partition coefficient (Wildman–Crippen LogP) is 3.25. The zero-order valence-electron chi connectivity index (χ0n) is 16.7. The second-order valence-corrected chi connectivity index (χ2v) is 7.50. The van der Waals surface area contributed by atoms with Gasteiger partial charge in [0.1, 0.15) is 17.5 Å². The van der Waals surface area contributed by atoms with E-state index in [0.29, 0.717) is 30.9 Å². The lowest BCUT2D eigenvalue weighted by Crippen LogP contribution is -2.46. The molecule has 0 radical (unpaired) electrons. The highest BCUT2D eigenvalue weighted by atomic mass is 16.6. The molecule has 158 valence electrons. The number of carbonyl (C=O) groups is 1. The first kappa shape index (κ1) is 20.4. The van der Waals surface area contributed by atoms with E-state index in [2.05, 4.69) is 11.1 Å². The first-order chi connectivity index (χ1) is 15.0. The van der Waals surface area contributed by atoms with Gasteiger partial charge < -0.3 is 20.4 Å². The number of rotatable bonds is 6. The molecule has 1 fully saturated rings. The van der Waals surface area contributed by atoms with Gasteiger partial charge in [0.2, 0.25) is 5.91 Å². The Labute approximate surface area is 178 Å².